The molecule has 0 unspecified atom stereocenters. The number of carbonyl (C=O) groups excluding carboxylic acids is 3. The van der Waals surface area contributed by atoms with Gasteiger partial charge in [0.25, 0.3) is 5.91 Å². The van der Waals surface area contributed by atoms with Gasteiger partial charge in [-0.25, -0.2) is 0 Å². The van der Waals surface area contributed by atoms with Crippen LogP contribution in [0.1, 0.15) is 19.3 Å². The summed E-state index contributed by atoms with van der Waals surface area (Å²) >= 11 is 0. The summed E-state index contributed by atoms with van der Waals surface area (Å²) < 4.78 is 4.98. The van der Waals surface area contributed by atoms with Crippen molar-refractivity contribution < 1.29 is 19.1 Å². The molecule has 0 aromatic rings. The van der Waals surface area contributed by atoms with Gasteiger partial charge in [0.15, 0.2) is 6.61 Å². The molecule has 0 aromatic carbocycles. The zero-order chi connectivity index (χ0) is 14.3. The Morgan fingerprint density at radius 2 is 2.11 bits per heavy atom. The highest BCUT2D eigenvalue weighted by Crippen LogP contribution is 2.19. The van der Waals surface area contributed by atoms with Crippen molar-refractivity contribution in [3.8, 4) is 0 Å². The smallest absolute Gasteiger partial charge is 0.309 e. The Labute approximate surface area is 112 Å². The Kier molecular flexibility index (Phi) is 6.05. The van der Waals surface area contributed by atoms with Crippen molar-refractivity contribution in [3.63, 3.8) is 0 Å². The maximum atomic E-state index is 11.7. The summed E-state index contributed by atoms with van der Waals surface area (Å²) in [6.07, 6.45) is 6.28. The Bertz CT molecular complexity index is 379. The quantitative estimate of drug-likeness (QED) is 0.566. The second-order valence-electron chi connectivity index (χ2n) is 4.51. The molecule has 0 spiro atoms. The van der Waals surface area contributed by atoms with Crippen molar-refractivity contribution in [1.82, 2.24) is 10.2 Å². The van der Waals surface area contributed by atoms with E-state index >= 15 is 0 Å². The predicted octanol–water partition coefficient (Wildman–Crippen LogP) is 0.0903. The molecule has 0 saturated carbocycles. The molecule has 0 radical (unpaired) electrons. The minimum Gasteiger partial charge on any atom is -0.455 e. The third kappa shape index (κ3) is 5.11. The zero-order valence-corrected chi connectivity index (χ0v) is 11.3. The third-order valence-corrected chi connectivity index (χ3v) is 3.03. The molecule has 6 nitrogen and oxygen atoms in total. The van der Waals surface area contributed by atoms with Crippen LogP contribution < -0.4 is 5.32 Å². The normalized spacial score (nSPS) is 17.7. The summed E-state index contributed by atoms with van der Waals surface area (Å²) in [6, 6.07) is 0. The van der Waals surface area contributed by atoms with E-state index in [1.54, 1.807) is 0 Å². The topological polar surface area (TPSA) is 75.7 Å². The Balaban J connectivity index is 2.31. The van der Waals surface area contributed by atoms with Crippen molar-refractivity contribution in [2.45, 2.75) is 19.3 Å². The molecular formula is C13H20N2O4. The van der Waals surface area contributed by atoms with Gasteiger partial charge in [-0.3, -0.25) is 14.4 Å². The Hall–Kier alpha value is -1.85. The lowest BCUT2D eigenvalue weighted by Gasteiger charge is -2.19. The van der Waals surface area contributed by atoms with Crippen molar-refractivity contribution >= 4 is 17.8 Å². The number of esters is 1. The summed E-state index contributed by atoms with van der Waals surface area (Å²) in [5.74, 6) is -1.14. The van der Waals surface area contributed by atoms with Gasteiger partial charge in [-0.2, -0.15) is 0 Å². The van der Waals surface area contributed by atoms with Crippen LogP contribution in [0, 0.1) is 5.92 Å². The van der Waals surface area contributed by atoms with Crippen LogP contribution in [0.15, 0.2) is 12.2 Å². The molecule has 1 aliphatic carbocycles. The highest BCUT2D eigenvalue weighted by atomic mass is 16.5. The standard InChI is InChI=1S/C13H20N2O4/c1-14-11(16)8-15(2)12(17)9-19-13(18)10-6-4-3-5-7-10/h3-4,10H,5-9H2,1-2H3,(H,14,16)/t10-/m0/s1. The van der Waals surface area contributed by atoms with E-state index in [0.717, 1.165) is 12.8 Å². The van der Waals surface area contributed by atoms with Crippen LogP contribution in [0.25, 0.3) is 0 Å². The predicted molar refractivity (Wildman–Crippen MR) is 69.1 cm³/mol. The fourth-order valence-electron chi connectivity index (χ4n) is 1.75. The van der Waals surface area contributed by atoms with E-state index < -0.39 is 0 Å². The van der Waals surface area contributed by atoms with Crippen molar-refractivity contribution in [3.05, 3.63) is 12.2 Å². The summed E-state index contributed by atoms with van der Waals surface area (Å²) in [7, 11) is 2.99. The van der Waals surface area contributed by atoms with Crippen LogP contribution in [-0.4, -0.2) is 49.9 Å². The number of carbonyl (C=O) groups is 3. The third-order valence-electron chi connectivity index (χ3n) is 3.03. The van der Waals surface area contributed by atoms with E-state index in [2.05, 4.69) is 5.32 Å². The van der Waals surface area contributed by atoms with Crippen molar-refractivity contribution in [2.75, 3.05) is 27.2 Å². The first kappa shape index (κ1) is 15.2. The molecule has 106 valence electrons. The van der Waals surface area contributed by atoms with E-state index in [4.69, 9.17) is 4.74 Å². The number of ether oxygens (including phenoxy) is 1. The van der Waals surface area contributed by atoms with E-state index in [9.17, 15) is 14.4 Å². The largest absolute Gasteiger partial charge is 0.455 e. The number of rotatable bonds is 5. The molecule has 0 fully saturated rings. The van der Waals surface area contributed by atoms with Crippen LogP contribution in [0.4, 0.5) is 0 Å². The maximum absolute atomic E-state index is 11.7. The lowest BCUT2D eigenvalue weighted by molar-refractivity contribution is -0.155. The fourth-order valence-corrected chi connectivity index (χ4v) is 1.75. The average Bonchev–Trinajstić information content (AvgIpc) is 2.44. The second-order valence-corrected chi connectivity index (χ2v) is 4.51. The highest BCUT2D eigenvalue weighted by Gasteiger charge is 2.22. The Morgan fingerprint density at radius 1 is 1.37 bits per heavy atom. The molecule has 6 heteroatoms. The fraction of sp³-hybridized carbons (Fsp3) is 0.615. The van der Waals surface area contributed by atoms with Crippen LogP contribution >= 0.6 is 0 Å². The van der Waals surface area contributed by atoms with Crippen LogP contribution in [0.5, 0.6) is 0 Å². The molecule has 1 atom stereocenters. The number of hydrogen-bond donors (Lipinski definition) is 1. The number of likely N-dealkylation sites (N-methyl/N-ethyl adjacent to an activating group) is 2. The van der Waals surface area contributed by atoms with Crippen LogP contribution in [-0.2, 0) is 19.1 Å². The first-order chi connectivity index (χ1) is 9.04. The first-order valence-electron chi connectivity index (χ1n) is 6.30. The van der Waals surface area contributed by atoms with Gasteiger partial charge in [0, 0.05) is 14.1 Å². The van der Waals surface area contributed by atoms with Gasteiger partial charge < -0.3 is 15.0 Å². The van der Waals surface area contributed by atoms with Gasteiger partial charge in [0.1, 0.15) is 0 Å². The number of nitrogens with one attached hydrogen (secondary N) is 1. The van der Waals surface area contributed by atoms with E-state index in [0.29, 0.717) is 6.42 Å². The van der Waals surface area contributed by atoms with Gasteiger partial charge in [0.05, 0.1) is 12.5 Å². The van der Waals surface area contributed by atoms with Gasteiger partial charge >= 0.3 is 5.97 Å². The molecule has 0 heterocycles. The Morgan fingerprint density at radius 3 is 2.68 bits per heavy atom. The molecule has 2 amide bonds. The maximum Gasteiger partial charge on any atom is 0.309 e. The van der Waals surface area contributed by atoms with Gasteiger partial charge in [-0.1, -0.05) is 12.2 Å². The molecule has 0 bridgehead atoms. The number of nitrogens with zero attached hydrogens (tertiary/aromatic N) is 1. The summed E-state index contributed by atoms with van der Waals surface area (Å²) in [6.45, 7) is -0.356. The number of allylic oxidation sites excluding steroid dienone is 2. The highest BCUT2D eigenvalue weighted by molar-refractivity contribution is 5.86. The molecule has 1 aliphatic rings. The number of hydrogen-bond acceptors (Lipinski definition) is 4. The minimum atomic E-state index is -0.386. The molecule has 1 rings (SSSR count). The summed E-state index contributed by atoms with van der Waals surface area (Å²) in [5, 5.41) is 2.42. The average molecular weight is 268 g/mol. The molecule has 19 heavy (non-hydrogen) atoms. The molecule has 1 N–H and O–H groups in total. The monoisotopic (exact) mass is 268 g/mol. The van der Waals surface area contributed by atoms with Gasteiger partial charge in [-0.15, -0.1) is 0 Å². The first-order valence-corrected chi connectivity index (χ1v) is 6.30. The lowest BCUT2D eigenvalue weighted by Crippen LogP contribution is -2.39. The van der Waals surface area contributed by atoms with E-state index in [-0.39, 0.29) is 36.9 Å². The molecule has 0 aromatic heterocycles. The molecule has 0 aliphatic heterocycles. The summed E-state index contributed by atoms with van der Waals surface area (Å²) in [5.41, 5.74) is 0. The van der Waals surface area contributed by atoms with Crippen molar-refractivity contribution in [2.24, 2.45) is 5.92 Å². The SMILES string of the molecule is CNC(=O)CN(C)C(=O)COC(=O)[C@H]1CC=CCC1. The zero-order valence-electron chi connectivity index (χ0n) is 11.3. The second kappa shape index (κ2) is 7.56. The van der Waals surface area contributed by atoms with Gasteiger partial charge in [0.2, 0.25) is 5.91 Å². The number of amides is 2. The van der Waals surface area contributed by atoms with E-state index in [1.807, 2.05) is 12.2 Å². The minimum absolute atomic E-state index is 0.0426. The molecule has 0 saturated heterocycles. The lowest BCUT2D eigenvalue weighted by atomic mass is 9.95. The van der Waals surface area contributed by atoms with E-state index in [1.165, 1.54) is 19.0 Å². The summed E-state index contributed by atoms with van der Waals surface area (Å²) in [4.78, 5) is 35.7. The van der Waals surface area contributed by atoms with Crippen LogP contribution in [0.3, 0.4) is 0 Å². The molecular weight excluding hydrogens is 248 g/mol. The van der Waals surface area contributed by atoms with Gasteiger partial charge in [-0.05, 0) is 19.3 Å². The van der Waals surface area contributed by atoms with Crippen LogP contribution in [0.2, 0.25) is 0 Å². The van der Waals surface area contributed by atoms with Crippen molar-refractivity contribution in [1.29, 1.82) is 0 Å².